The number of hydrogen-bond acceptors (Lipinski definition) is 5. The number of hydrogen-bond donors (Lipinski definition) is 2. The van der Waals surface area contributed by atoms with E-state index in [1.165, 1.54) is 18.5 Å². The van der Waals surface area contributed by atoms with Gasteiger partial charge in [0, 0.05) is 12.6 Å². The van der Waals surface area contributed by atoms with Gasteiger partial charge in [0.05, 0.1) is 6.10 Å². The molecule has 2 N–H and O–H groups in total. The summed E-state index contributed by atoms with van der Waals surface area (Å²) in [4.78, 5) is 7.91. The molecule has 0 spiro atoms. The van der Waals surface area contributed by atoms with E-state index in [1.54, 1.807) is 6.07 Å². The Morgan fingerprint density at radius 1 is 1.23 bits per heavy atom. The van der Waals surface area contributed by atoms with Gasteiger partial charge in [0.15, 0.2) is 0 Å². The monoisotopic (exact) mass is 425 g/mol. The third-order valence-corrected chi connectivity index (χ3v) is 3.20. The highest BCUT2D eigenvalue weighted by atomic mass is 127. The molecule has 2 rings (SSSR count). The molecule has 0 aliphatic carbocycles. The zero-order valence-corrected chi connectivity index (χ0v) is 13.2. The standard InChI is InChI=1S/C13H11F3IN3O2/c14-13(15,16)22-9-3-1-8(2-4-9)10(21)6-18-12-5-11(17)19-7-20-12/h1-5,7,10,21H,6H2,(H,18,19,20). The van der Waals surface area contributed by atoms with Gasteiger partial charge in [-0.2, -0.15) is 0 Å². The molecule has 0 aliphatic rings. The van der Waals surface area contributed by atoms with Crippen molar-refractivity contribution >= 4 is 28.4 Å². The quantitative estimate of drug-likeness (QED) is 0.570. The maximum atomic E-state index is 12.0. The van der Waals surface area contributed by atoms with Gasteiger partial charge in [0.25, 0.3) is 0 Å². The second-order valence-corrected chi connectivity index (χ2v) is 5.34. The number of ether oxygens (including phenoxy) is 1. The molecule has 1 atom stereocenters. The van der Waals surface area contributed by atoms with Crippen LogP contribution in [0.1, 0.15) is 11.7 Å². The predicted molar refractivity (Wildman–Crippen MR) is 81.3 cm³/mol. The summed E-state index contributed by atoms with van der Waals surface area (Å²) in [6, 6.07) is 6.75. The van der Waals surface area contributed by atoms with Gasteiger partial charge in [-0.25, -0.2) is 9.97 Å². The van der Waals surface area contributed by atoms with Crippen LogP contribution in [0.25, 0.3) is 0 Å². The lowest BCUT2D eigenvalue weighted by Crippen LogP contribution is -2.17. The highest BCUT2D eigenvalue weighted by molar-refractivity contribution is 14.1. The fraction of sp³-hybridized carbons (Fsp3) is 0.231. The minimum atomic E-state index is -4.73. The summed E-state index contributed by atoms with van der Waals surface area (Å²) in [6.45, 7) is 0.159. The van der Waals surface area contributed by atoms with Crippen LogP contribution in [0.5, 0.6) is 5.75 Å². The molecular formula is C13H11F3IN3O2. The van der Waals surface area contributed by atoms with Crippen LogP contribution in [0, 0.1) is 3.70 Å². The van der Waals surface area contributed by atoms with Gasteiger partial charge in [0.1, 0.15) is 21.6 Å². The van der Waals surface area contributed by atoms with E-state index in [4.69, 9.17) is 0 Å². The first kappa shape index (κ1) is 16.7. The second-order valence-electron chi connectivity index (χ2n) is 4.24. The van der Waals surface area contributed by atoms with Crippen LogP contribution >= 0.6 is 22.6 Å². The van der Waals surface area contributed by atoms with Gasteiger partial charge in [-0.05, 0) is 40.3 Å². The van der Waals surface area contributed by atoms with Crippen LogP contribution in [-0.2, 0) is 0 Å². The lowest BCUT2D eigenvalue weighted by Gasteiger charge is -2.14. The van der Waals surface area contributed by atoms with Crippen LogP contribution in [0.3, 0.4) is 0 Å². The van der Waals surface area contributed by atoms with Crippen molar-refractivity contribution < 1.29 is 23.0 Å². The number of nitrogens with one attached hydrogen (secondary N) is 1. The molecule has 5 nitrogen and oxygen atoms in total. The molecule has 0 saturated heterocycles. The number of aliphatic hydroxyl groups excluding tert-OH is 1. The summed E-state index contributed by atoms with van der Waals surface area (Å²) in [5, 5.41) is 12.9. The van der Waals surface area contributed by atoms with Gasteiger partial charge in [0.2, 0.25) is 0 Å². The Kier molecular flexibility index (Phi) is 5.40. The topological polar surface area (TPSA) is 67.3 Å². The molecule has 0 bridgehead atoms. The van der Waals surface area contributed by atoms with Gasteiger partial charge >= 0.3 is 6.36 Å². The highest BCUT2D eigenvalue weighted by Gasteiger charge is 2.31. The fourth-order valence-electron chi connectivity index (χ4n) is 1.64. The maximum Gasteiger partial charge on any atom is 0.573 e. The molecule has 0 aliphatic heterocycles. The number of rotatable bonds is 5. The number of aromatic nitrogens is 2. The molecule has 9 heteroatoms. The minimum Gasteiger partial charge on any atom is -0.406 e. The van der Waals surface area contributed by atoms with Crippen LogP contribution in [0.4, 0.5) is 19.0 Å². The van der Waals surface area contributed by atoms with Crippen LogP contribution in [-0.4, -0.2) is 28.0 Å². The highest BCUT2D eigenvalue weighted by Crippen LogP contribution is 2.24. The average molecular weight is 425 g/mol. The van der Waals surface area contributed by atoms with Crippen molar-refractivity contribution in [2.45, 2.75) is 12.5 Å². The second kappa shape index (κ2) is 7.09. The Labute approximate surface area is 137 Å². The normalized spacial score (nSPS) is 12.8. The number of halogens is 4. The summed E-state index contributed by atoms with van der Waals surface area (Å²) in [5.41, 5.74) is 0.464. The minimum absolute atomic E-state index is 0.159. The van der Waals surface area contributed by atoms with E-state index in [-0.39, 0.29) is 12.3 Å². The molecule has 118 valence electrons. The van der Waals surface area contributed by atoms with E-state index in [0.717, 1.165) is 15.8 Å². The van der Waals surface area contributed by atoms with Crippen molar-refractivity contribution in [2.24, 2.45) is 0 Å². The van der Waals surface area contributed by atoms with E-state index in [2.05, 4.69) is 20.0 Å². The van der Waals surface area contributed by atoms with Crippen molar-refractivity contribution in [2.75, 3.05) is 11.9 Å². The summed E-state index contributed by atoms with van der Waals surface area (Å²) in [7, 11) is 0. The van der Waals surface area contributed by atoms with Gasteiger partial charge in [-0.1, -0.05) is 12.1 Å². The first-order chi connectivity index (χ1) is 10.3. The molecule has 0 amide bonds. The molecule has 0 saturated carbocycles. The van der Waals surface area contributed by atoms with E-state index in [0.29, 0.717) is 11.4 Å². The van der Waals surface area contributed by atoms with E-state index >= 15 is 0 Å². The van der Waals surface area contributed by atoms with Gasteiger partial charge in [-0.3, -0.25) is 0 Å². The Bertz CT molecular complexity index is 623. The van der Waals surface area contributed by atoms with Crippen molar-refractivity contribution in [1.82, 2.24) is 9.97 Å². The summed E-state index contributed by atoms with van der Waals surface area (Å²) in [5.74, 6) is 0.220. The smallest absolute Gasteiger partial charge is 0.406 e. The molecule has 1 heterocycles. The van der Waals surface area contributed by atoms with Gasteiger partial charge < -0.3 is 15.2 Å². The number of aliphatic hydroxyl groups is 1. The first-order valence-electron chi connectivity index (χ1n) is 6.09. The van der Waals surface area contributed by atoms with Crippen molar-refractivity contribution in [3.05, 3.63) is 45.9 Å². The summed E-state index contributed by atoms with van der Waals surface area (Å²) in [6.07, 6.45) is -4.24. The third-order valence-electron chi connectivity index (χ3n) is 2.61. The largest absolute Gasteiger partial charge is 0.573 e. The lowest BCUT2D eigenvalue weighted by molar-refractivity contribution is -0.274. The first-order valence-corrected chi connectivity index (χ1v) is 7.16. The Hall–Kier alpha value is -1.62. The molecule has 2 aromatic rings. The van der Waals surface area contributed by atoms with Crippen molar-refractivity contribution in [3.63, 3.8) is 0 Å². The zero-order chi connectivity index (χ0) is 16.2. The number of nitrogens with zero attached hydrogens (tertiary/aromatic N) is 2. The predicted octanol–water partition coefficient (Wildman–Crippen LogP) is 3.13. The number of benzene rings is 1. The summed E-state index contributed by atoms with van der Waals surface area (Å²) < 4.78 is 40.7. The Morgan fingerprint density at radius 3 is 2.50 bits per heavy atom. The Morgan fingerprint density at radius 2 is 1.91 bits per heavy atom. The molecule has 0 fully saturated rings. The summed E-state index contributed by atoms with van der Waals surface area (Å²) >= 11 is 2.03. The van der Waals surface area contributed by atoms with Crippen molar-refractivity contribution in [1.29, 1.82) is 0 Å². The maximum absolute atomic E-state index is 12.0. The number of alkyl halides is 3. The van der Waals surface area contributed by atoms with Crippen LogP contribution in [0.15, 0.2) is 36.7 Å². The molecule has 1 aromatic carbocycles. The lowest BCUT2D eigenvalue weighted by atomic mass is 10.1. The molecule has 1 aromatic heterocycles. The Balaban J connectivity index is 1.93. The van der Waals surface area contributed by atoms with Crippen LogP contribution in [0.2, 0.25) is 0 Å². The SMILES string of the molecule is OC(CNc1cc(I)ncn1)c1ccc(OC(F)(F)F)cc1. The molecule has 0 radical (unpaired) electrons. The van der Waals surface area contributed by atoms with E-state index in [9.17, 15) is 18.3 Å². The molecular weight excluding hydrogens is 414 g/mol. The molecule has 1 unspecified atom stereocenters. The van der Waals surface area contributed by atoms with E-state index < -0.39 is 12.5 Å². The van der Waals surface area contributed by atoms with Gasteiger partial charge in [-0.15, -0.1) is 13.2 Å². The fourth-order valence-corrected chi connectivity index (χ4v) is 2.06. The molecule has 22 heavy (non-hydrogen) atoms. The number of anilines is 1. The van der Waals surface area contributed by atoms with E-state index in [1.807, 2.05) is 22.6 Å². The van der Waals surface area contributed by atoms with Crippen LogP contribution < -0.4 is 10.1 Å². The average Bonchev–Trinajstić information content (AvgIpc) is 2.44. The zero-order valence-electron chi connectivity index (χ0n) is 11.0. The third kappa shape index (κ3) is 5.30. The van der Waals surface area contributed by atoms with Crippen molar-refractivity contribution in [3.8, 4) is 5.75 Å².